The van der Waals surface area contributed by atoms with Gasteiger partial charge in [0.15, 0.2) is 5.78 Å². The van der Waals surface area contributed by atoms with Crippen LogP contribution >= 0.6 is 0 Å². The van der Waals surface area contributed by atoms with E-state index in [4.69, 9.17) is 0 Å². The van der Waals surface area contributed by atoms with Crippen LogP contribution in [0.25, 0.3) is 0 Å². The van der Waals surface area contributed by atoms with Gasteiger partial charge in [-0.3, -0.25) is 4.79 Å². The van der Waals surface area contributed by atoms with Crippen molar-refractivity contribution < 1.29 is 39.5 Å². The van der Waals surface area contributed by atoms with Crippen molar-refractivity contribution in [3.8, 4) is 0 Å². The van der Waals surface area contributed by atoms with Crippen molar-refractivity contribution in [3.05, 3.63) is 47.7 Å². The average molecular weight is 198 g/mol. The molecule has 0 unspecified atom stereocenters. The number of allylic oxidation sites excluding steroid dienone is 1. The van der Waals surface area contributed by atoms with Gasteiger partial charge in [0.05, 0.1) is 0 Å². The van der Waals surface area contributed by atoms with Gasteiger partial charge in [-0.15, -0.1) is 6.26 Å². The van der Waals surface area contributed by atoms with Crippen LogP contribution < -0.4 is 34.7 Å². The maximum atomic E-state index is 11.2. The molecule has 0 aromatic heterocycles. The number of ketones is 1. The van der Waals surface area contributed by atoms with Gasteiger partial charge in [0.2, 0.25) is 0 Å². The van der Waals surface area contributed by atoms with Crippen molar-refractivity contribution in [2.24, 2.45) is 0 Å². The van der Waals surface area contributed by atoms with Crippen molar-refractivity contribution in [1.29, 1.82) is 0 Å². The van der Waals surface area contributed by atoms with E-state index in [2.05, 4.69) is 0 Å². The third-order valence-corrected chi connectivity index (χ3v) is 1.87. The molecule has 2 nitrogen and oxygen atoms in total. The Morgan fingerprint density at radius 2 is 1.93 bits per heavy atom. The Morgan fingerprint density at radius 1 is 1.36 bits per heavy atom. The Hall–Kier alpha value is -0.570. The van der Waals surface area contributed by atoms with Crippen LogP contribution in [0.4, 0.5) is 0 Å². The average Bonchev–Trinajstić information content (AvgIpc) is 2.18. The maximum Gasteiger partial charge on any atom is 1.00 e. The first kappa shape index (κ1) is 13.4. The first-order valence-corrected chi connectivity index (χ1v) is 4.19. The second kappa shape index (κ2) is 6.82. The van der Waals surface area contributed by atoms with E-state index in [1.165, 1.54) is 5.56 Å². The zero-order valence-electron chi connectivity index (χ0n) is 8.49. The molecular weight excluding hydrogens is 187 g/mol. The molecule has 1 aromatic carbocycles. The molecule has 0 fully saturated rings. The summed E-state index contributed by atoms with van der Waals surface area (Å²) in [6.45, 7) is 2.05. The zero-order chi connectivity index (χ0) is 9.68. The SMILES string of the molecule is CCc1ccc(C(=O)C=C[O-])cc1.[Na+]. The van der Waals surface area contributed by atoms with Gasteiger partial charge in [-0.2, -0.15) is 0 Å². The van der Waals surface area contributed by atoms with Crippen molar-refractivity contribution in [2.75, 3.05) is 0 Å². The summed E-state index contributed by atoms with van der Waals surface area (Å²) < 4.78 is 0. The van der Waals surface area contributed by atoms with Gasteiger partial charge in [-0.05, 0) is 18.1 Å². The summed E-state index contributed by atoms with van der Waals surface area (Å²) in [6.07, 6.45) is 2.49. The fourth-order valence-electron chi connectivity index (χ4n) is 1.06. The minimum Gasteiger partial charge on any atom is -0.878 e. The molecule has 0 saturated heterocycles. The van der Waals surface area contributed by atoms with Crippen LogP contribution in [0.3, 0.4) is 0 Å². The molecule has 3 heteroatoms. The largest absolute Gasteiger partial charge is 1.00 e. The summed E-state index contributed by atoms with van der Waals surface area (Å²) in [5, 5.41) is 10.0. The van der Waals surface area contributed by atoms with Gasteiger partial charge in [0.1, 0.15) is 0 Å². The fourth-order valence-corrected chi connectivity index (χ4v) is 1.06. The van der Waals surface area contributed by atoms with E-state index in [9.17, 15) is 9.90 Å². The topological polar surface area (TPSA) is 40.1 Å². The first-order valence-electron chi connectivity index (χ1n) is 4.19. The van der Waals surface area contributed by atoms with Crippen LogP contribution in [-0.4, -0.2) is 5.78 Å². The molecule has 0 aliphatic rings. The van der Waals surface area contributed by atoms with Gasteiger partial charge >= 0.3 is 29.6 Å². The van der Waals surface area contributed by atoms with Crippen LogP contribution in [0, 0.1) is 0 Å². The standard InChI is InChI=1S/C11H12O2.Na/c1-2-9-3-5-10(6-4-9)11(13)7-8-12;/h3-8,12H,2H2,1H3;/q;+1/p-1. The number of hydrogen-bond donors (Lipinski definition) is 0. The molecule has 0 spiro atoms. The molecule has 0 atom stereocenters. The molecule has 0 radical (unpaired) electrons. The Labute approximate surface area is 106 Å². The molecular formula is C11H11NaO2. The summed E-state index contributed by atoms with van der Waals surface area (Å²) in [6, 6.07) is 7.26. The molecule has 0 heterocycles. The molecule has 0 N–H and O–H groups in total. The molecule has 0 aliphatic carbocycles. The van der Waals surface area contributed by atoms with Crippen LogP contribution in [0.15, 0.2) is 36.6 Å². The minimum atomic E-state index is -0.238. The van der Waals surface area contributed by atoms with E-state index in [1.807, 2.05) is 19.1 Å². The monoisotopic (exact) mass is 198 g/mol. The van der Waals surface area contributed by atoms with Crippen molar-refractivity contribution in [1.82, 2.24) is 0 Å². The van der Waals surface area contributed by atoms with E-state index in [0.717, 1.165) is 12.5 Å². The van der Waals surface area contributed by atoms with Crippen LogP contribution in [-0.2, 0) is 6.42 Å². The van der Waals surface area contributed by atoms with E-state index in [-0.39, 0.29) is 35.3 Å². The van der Waals surface area contributed by atoms with E-state index in [1.54, 1.807) is 12.1 Å². The summed E-state index contributed by atoms with van der Waals surface area (Å²) in [7, 11) is 0. The molecule has 68 valence electrons. The smallest absolute Gasteiger partial charge is 0.878 e. The first-order chi connectivity index (χ1) is 6.27. The van der Waals surface area contributed by atoms with Crippen LogP contribution in [0.1, 0.15) is 22.8 Å². The molecule has 1 aromatic rings. The predicted octanol–water partition coefficient (Wildman–Crippen LogP) is -1.69. The summed E-state index contributed by atoms with van der Waals surface area (Å²) in [5.41, 5.74) is 1.74. The van der Waals surface area contributed by atoms with Gasteiger partial charge in [0, 0.05) is 5.56 Å². The molecule has 0 aliphatic heterocycles. The number of benzene rings is 1. The van der Waals surface area contributed by atoms with Crippen LogP contribution in [0.5, 0.6) is 0 Å². The summed E-state index contributed by atoms with van der Waals surface area (Å²) >= 11 is 0. The second-order valence-corrected chi connectivity index (χ2v) is 2.72. The van der Waals surface area contributed by atoms with Gasteiger partial charge < -0.3 is 5.11 Å². The number of carbonyl (C=O) groups is 1. The second-order valence-electron chi connectivity index (χ2n) is 2.72. The Balaban J connectivity index is 0.00000169. The number of hydrogen-bond acceptors (Lipinski definition) is 2. The van der Waals surface area contributed by atoms with Crippen molar-refractivity contribution in [2.45, 2.75) is 13.3 Å². The van der Waals surface area contributed by atoms with Gasteiger partial charge in [-0.1, -0.05) is 31.2 Å². The third-order valence-electron chi connectivity index (χ3n) is 1.87. The summed E-state index contributed by atoms with van der Waals surface area (Å²) in [5.74, 6) is -0.238. The van der Waals surface area contributed by atoms with Gasteiger partial charge in [-0.25, -0.2) is 0 Å². The van der Waals surface area contributed by atoms with Gasteiger partial charge in [0.25, 0.3) is 0 Å². The molecule has 0 saturated carbocycles. The number of aryl methyl sites for hydroxylation is 1. The quantitative estimate of drug-likeness (QED) is 0.252. The fraction of sp³-hybridized carbons (Fsp3) is 0.182. The maximum absolute atomic E-state index is 11.2. The molecule has 14 heavy (non-hydrogen) atoms. The van der Waals surface area contributed by atoms with E-state index < -0.39 is 0 Å². The van der Waals surface area contributed by atoms with E-state index >= 15 is 0 Å². The normalized spacial score (nSPS) is 9.79. The third kappa shape index (κ3) is 3.66. The Morgan fingerprint density at radius 3 is 2.36 bits per heavy atom. The number of rotatable bonds is 3. The van der Waals surface area contributed by atoms with Crippen LogP contribution in [0.2, 0.25) is 0 Å². The Kier molecular flexibility index (Phi) is 6.54. The molecule has 1 rings (SSSR count). The predicted molar refractivity (Wildman–Crippen MR) is 49.3 cm³/mol. The Bertz CT molecular complexity index is 315. The molecule has 0 amide bonds. The minimum absolute atomic E-state index is 0. The number of carbonyl (C=O) groups excluding carboxylic acids is 1. The zero-order valence-corrected chi connectivity index (χ0v) is 10.5. The summed E-state index contributed by atoms with van der Waals surface area (Å²) in [4.78, 5) is 11.2. The van der Waals surface area contributed by atoms with Crippen molar-refractivity contribution >= 4 is 5.78 Å². The van der Waals surface area contributed by atoms with Crippen molar-refractivity contribution in [3.63, 3.8) is 0 Å². The molecule has 0 bridgehead atoms. The van der Waals surface area contributed by atoms with E-state index in [0.29, 0.717) is 11.8 Å².